The number of carbonyl (C=O) groups excluding carboxylic acids is 1. The third-order valence-corrected chi connectivity index (χ3v) is 2.97. The fourth-order valence-electron chi connectivity index (χ4n) is 1.98. The number of anilines is 1. The zero-order valence-corrected chi connectivity index (χ0v) is 10.4. The van der Waals surface area contributed by atoms with Crippen LogP contribution in [0.3, 0.4) is 0 Å². The first-order chi connectivity index (χ1) is 7.96. The molecule has 1 heterocycles. The molecule has 1 amide bonds. The van der Waals surface area contributed by atoms with Crippen molar-refractivity contribution >= 4 is 23.2 Å². The van der Waals surface area contributed by atoms with E-state index in [1.165, 1.54) is 0 Å². The Morgan fingerprint density at radius 2 is 2.18 bits per heavy atom. The van der Waals surface area contributed by atoms with Crippen LogP contribution >= 0.6 is 11.6 Å². The lowest BCUT2D eigenvalue weighted by Crippen LogP contribution is -2.61. The summed E-state index contributed by atoms with van der Waals surface area (Å²) in [7, 11) is 0. The van der Waals surface area contributed by atoms with Gasteiger partial charge in [0.25, 0.3) is 0 Å². The Bertz CT molecular complexity index is 426. The zero-order valence-electron chi connectivity index (χ0n) is 9.61. The molecule has 4 nitrogen and oxygen atoms in total. The molecular formula is C12H15ClN2O2. The summed E-state index contributed by atoms with van der Waals surface area (Å²) in [4.78, 5) is 13.6. The van der Waals surface area contributed by atoms with Gasteiger partial charge < -0.3 is 10.4 Å². The highest BCUT2D eigenvalue weighted by Gasteiger charge is 2.37. The Kier molecular flexibility index (Phi) is 3.38. The predicted molar refractivity (Wildman–Crippen MR) is 67.1 cm³/mol. The molecule has 0 bridgehead atoms. The molecule has 17 heavy (non-hydrogen) atoms. The van der Waals surface area contributed by atoms with Crippen molar-refractivity contribution in [2.24, 2.45) is 0 Å². The Hall–Kier alpha value is -1.10. The van der Waals surface area contributed by atoms with Crippen LogP contribution in [-0.2, 0) is 4.79 Å². The van der Waals surface area contributed by atoms with Crippen LogP contribution in [0.15, 0.2) is 24.3 Å². The van der Waals surface area contributed by atoms with Gasteiger partial charge in [0.2, 0.25) is 5.91 Å². The molecule has 1 aromatic rings. The highest BCUT2D eigenvalue weighted by molar-refractivity contribution is 6.33. The van der Waals surface area contributed by atoms with Crippen LogP contribution in [-0.4, -0.2) is 41.1 Å². The number of likely N-dealkylation sites (tertiary alicyclic amines) is 1. The van der Waals surface area contributed by atoms with Crippen molar-refractivity contribution in [1.82, 2.24) is 4.90 Å². The van der Waals surface area contributed by atoms with Crippen LogP contribution in [0.5, 0.6) is 0 Å². The Labute approximate surface area is 105 Å². The van der Waals surface area contributed by atoms with Crippen molar-refractivity contribution in [3.63, 3.8) is 0 Å². The maximum Gasteiger partial charge on any atom is 0.238 e. The van der Waals surface area contributed by atoms with Gasteiger partial charge in [-0.15, -0.1) is 0 Å². The highest BCUT2D eigenvalue weighted by atomic mass is 35.5. The van der Waals surface area contributed by atoms with Crippen molar-refractivity contribution < 1.29 is 9.90 Å². The van der Waals surface area contributed by atoms with E-state index in [2.05, 4.69) is 5.32 Å². The number of β-amino-alcohol motifs (C(OH)–C–C–N with tert-alkyl or cyclic N) is 1. The third-order valence-electron chi connectivity index (χ3n) is 2.64. The minimum absolute atomic E-state index is 0.117. The number of nitrogens with zero attached hydrogens (tertiary/aromatic N) is 1. The summed E-state index contributed by atoms with van der Waals surface area (Å²) in [6, 6.07) is 7.11. The summed E-state index contributed by atoms with van der Waals surface area (Å²) in [6.45, 7) is 3.10. The third kappa shape index (κ3) is 3.19. The van der Waals surface area contributed by atoms with Crippen LogP contribution in [0.2, 0.25) is 5.02 Å². The summed E-state index contributed by atoms with van der Waals surface area (Å²) < 4.78 is 0. The molecule has 0 radical (unpaired) electrons. The van der Waals surface area contributed by atoms with Gasteiger partial charge in [0.05, 0.1) is 22.9 Å². The number of carbonyl (C=O) groups is 1. The van der Waals surface area contributed by atoms with E-state index in [0.29, 0.717) is 23.8 Å². The van der Waals surface area contributed by atoms with Gasteiger partial charge in [-0.2, -0.15) is 0 Å². The Morgan fingerprint density at radius 3 is 2.76 bits per heavy atom. The summed E-state index contributed by atoms with van der Waals surface area (Å²) >= 11 is 5.93. The molecule has 0 atom stereocenters. The lowest BCUT2D eigenvalue weighted by molar-refractivity contribution is -0.125. The fraction of sp³-hybridized carbons (Fsp3) is 0.417. The first kappa shape index (κ1) is 12.4. The topological polar surface area (TPSA) is 52.6 Å². The van der Waals surface area contributed by atoms with E-state index in [0.717, 1.165) is 0 Å². The molecule has 1 saturated heterocycles. The van der Waals surface area contributed by atoms with Gasteiger partial charge in [0.1, 0.15) is 0 Å². The first-order valence-electron chi connectivity index (χ1n) is 5.45. The van der Waals surface area contributed by atoms with Crippen LogP contribution < -0.4 is 5.32 Å². The van der Waals surface area contributed by atoms with Gasteiger partial charge in [0.15, 0.2) is 0 Å². The second-order valence-electron chi connectivity index (χ2n) is 4.67. The maximum atomic E-state index is 11.7. The summed E-state index contributed by atoms with van der Waals surface area (Å²) in [5, 5.41) is 12.8. The maximum absolute atomic E-state index is 11.7. The molecule has 1 aliphatic rings. The average Bonchev–Trinajstić information content (AvgIpc) is 2.18. The van der Waals surface area contributed by atoms with E-state index < -0.39 is 5.60 Å². The van der Waals surface area contributed by atoms with Crippen molar-refractivity contribution in [3.05, 3.63) is 29.3 Å². The molecule has 0 aliphatic carbocycles. The standard InChI is InChI=1S/C12H15ClN2O2/c1-12(17)7-15(8-12)6-11(16)14-10-5-3-2-4-9(10)13/h2-5,17H,6-8H2,1H3,(H,14,16). The highest BCUT2D eigenvalue weighted by Crippen LogP contribution is 2.22. The number of para-hydroxylation sites is 1. The van der Waals surface area contributed by atoms with E-state index in [4.69, 9.17) is 11.6 Å². The van der Waals surface area contributed by atoms with Crippen LogP contribution in [0, 0.1) is 0 Å². The Balaban J connectivity index is 1.85. The van der Waals surface area contributed by atoms with E-state index in [9.17, 15) is 9.90 Å². The largest absolute Gasteiger partial charge is 0.388 e. The van der Waals surface area contributed by atoms with E-state index in [-0.39, 0.29) is 12.5 Å². The monoisotopic (exact) mass is 254 g/mol. The summed E-state index contributed by atoms with van der Waals surface area (Å²) in [5.74, 6) is -0.117. The Morgan fingerprint density at radius 1 is 1.53 bits per heavy atom. The number of nitrogens with one attached hydrogen (secondary N) is 1. The van der Waals surface area contributed by atoms with Gasteiger partial charge >= 0.3 is 0 Å². The van der Waals surface area contributed by atoms with Crippen molar-refractivity contribution in [2.75, 3.05) is 25.0 Å². The summed E-state index contributed by atoms with van der Waals surface area (Å²) in [5.41, 5.74) is -0.0311. The van der Waals surface area contributed by atoms with E-state index in [1.807, 2.05) is 17.0 Å². The number of amides is 1. The van der Waals surface area contributed by atoms with Crippen LogP contribution in [0.1, 0.15) is 6.92 Å². The first-order valence-corrected chi connectivity index (χ1v) is 5.83. The van der Waals surface area contributed by atoms with Crippen molar-refractivity contribution in [1.29, 1.82) is 0 Å². The second-order valence-corrected chi connectivity index (χ2v) is 5.08. The molecule has 1 aliphatic heterocycles. The average molecular weight is 255 g/mol. The number of halogens is 1. The molecule has 0 unspecified atom stereocenters. The minimum atomic E-state index is -0.648. The second kappa shape index (κ2) is 4.64. The number of aliphatic hydroxyl groups is 1. The quantitative estimate of drug-likeness (QED) is 0.856. The van der Waals surface area contributed by atoms with Crippen molar-refractivity contribution in [3.8, 4) is 0 Å². The fourth-order valence-corrected chi connectivity index (χ4v) is 2.17. The smallest absolute Gasteiger partial charge is 0.238 e. The molecule has 0 saturated carbocycles. The zero-order chi connectivity index (χ0) is 12.5. The van der Waals surface area contributed by atoms with Crippen LogP contribution in [0.25, 0.3) is 0 Å². The number of rotatable bonds is 3. The molecule has 1 fully saturated rings. The lowest BCUT2D eigenvalue weighted by Gasteiger charge is -2.43. The number of hydrogen-bond acceptors (Lipinski definition) is 3. The molecular weight excluding hydrogens is 240 g/mol. The van der Waals surface area contributed by atoms with E-state index >= 15 is 0 Å². The molecule has 0 spiro atoms. The van der Waals surface area contributed by atoms with Crippen LogP contribution in [0.4, 0.5) is 5.69 Å². The van der Waals surface area contributed by atoms with Gasteiger partial charge in [-0.1, -0.05) is 23.7 Å². The molecule has 1 aromatic carbocycles. The predicted octanol–water partition coefficient (Wildman–Crippen LogP) is 1.35. The number of benzene rings is 1. The van der Waals surface area contributed by atoms with Gasteiger partial charge in [-0.3, -0.25) is 9.69 Å². The summed E-state index contributed by atoms with van der Waals surface area (Å²) in [6.07, 6.45) is 0. The molecule has 5 heteroatoms. The normalized spacial score (nSPS) is 18.5. The molecule has 2 N–H and O–H groups in total. The molecule has 92 valence electrons. The van der Waals surface area contributed by atoms with Gasteiger partial charge in [-0.25, -0.2) is 0 Å². The van der Waals surface area contributed by atoms with Gasteiger partial charge in [0, 0.05) is 13.1 Å². The minimum Gasteiger partial charge on any atom is -0.388 e. The van der Waals surface area contributed by atoms with Gasteiger partial charge in [-0.05, 0) is 19.1 Å². The molecule has 0 aromatic heterocycles. The van der Waals surface area contributed by atoms with E-state index in [1.54, 1.807) is 19.1 Å². The lowest BCUT2D eigenvalue weighted by atomic mass is 9.97. The molecule has 2 rings (SSSR count). The SMILES string of the molecule is CC1(O)CN(CC(=O)Nc2ccccc2Cl)C1. The van der Waals surface area contributed by atoms with Crippen molar-refractivity contribution in [2.45, 2.75) is 12.5 Å². The number of hydrogen-bond donors (Lipinski definition) is 2.